The first-order valence-electron chi connectivity index (χ1n) is 6.30. The summed E-state index contributed by atoms with van der Waals surface area (Å²) in [7, 11) is 0. The molecule has 9 nitrogen and oxygen atoms in total. The molecule has 0 atom stereocenters. The minimum Gasteiger partial charge on any atom is -0.478 e. The number of hydrogen-bond acceptors (Lipinski definition) is 6. The van der Waals surface area contributed by atoms with E-state index in [0.29, 0.717) is 13.1 Å². The topological polar surface area (TPSA) is 126 Å². The number of carboxylic acids is 1. The first-order chi connectivity index (χ1) is 9.90. The van der Waals surface area contributed by atoms with E-state index < -0.39 is 16.6 Å². The minimum absolute atomic E-state index is 0.0754. The Morgan fingerprint density at radius 1 is 1.43 bits per heavy atom. The lowest BCUT2D eigenvalue weighted by Gasteiger charge is -2.19. The Kier molecular flexibility index (Phi) is 5.58. The maximum absolute atomic E-state index is 11.8. The molecule has 0 spiro atoms. The van der Waals surface area contributed by atoms with Crippen molar-refractivity contribution < 1.29 is 19.6 Å². The standard InChI is InChI=1S/C12H16N4O5/c1-3-15(4-2)10(17)7-14-11-9(12(18)19)5-8(6-13-11)16(20)21/h5-6H,3-4,7H2,1-2H3,(H,13,14)(H,18,19). The van der Waals surface area contributed by atoms with E-state index in [-0.39, 0.29) is 23.8 Å². The molecular weight excluding hydrogens is 280 g/mol. The summed E-state index contributed by atoms with van der Waals surface area (Å²) in [5, 5.41) is 22.3. The number of carbonyl (C=O) groups excluding carboxylic acids is 1. The lowest BCUT2D eigenvalue weighted by Crippen LogP contribution is -2.35. The number of nitro groups is 1. The molecule has 0 aliphatic carbocycles. The normalized spacial score (nSPS) is 10.0. The van der Waals surface area contributed by atoms with Crippen LogP contribution in [0, 0.1) is 10.1 Å². The van der Waals surface area contributed by atoms with Gasteiger partial charge in [0.05, 0.1) is 11.5 Å². The smallest absolute Gasteiger partial charge is 0.339 e. The fourth-order valence-electron chi connectivity index (χ4n) is 1.70. The highest BCUT2D eigenvalue weighted by Gasteiger charge is 2.18. The van der Waals surface area contributed by atoms with E-state index in [1.807, 2.05) is 13.8 Å². The molecule has 0 unspecified atom stereocenters. The van der Waals surface area contributed by atoms with Gasteiger partial charge in [-0.25, -0.2) is 9.78 Å². The maximum Gasteiger partial charge on any atom is 0.339 e. The van der Waals surface area contributed by atoms with Gasteiger partial charge in [-0.1, -0.05) is 0 Å². The van der Waals surface area contributed by atoms with Gasteiger partial charge in [0.2, 0.25) is 5.91 Å². The predicted octanol–water partition coefficient (Wildman–Crippen LogP) is 0.968. The second kappa shape index (κ2) is 7.17. The molecule has 0 fully saturated rings. The molecule has 0 aliphatic heterocycles. The van der Waals surface area contributed by atoms with E-state index >= 15 is 0 Å². The first-order valence-corrected chi connectivity index (χ1v) is 6.30. The highest BCUT2D eigenvalue weighted by molar-refractivity contribution is 5.94. The van der Waals surface area contributed by atoms with Gasteiger partial charge in [-0.2, -0.15) is 0 Å². The zero-order valence-corrected chi connectivity index (χ0v) is 11.7. The highest BCUT2D eigenvalue weighted by atomic mass is 16.6. The molecule has 0 aliphatic rings. The summed E-state index contributed by atoms with van der Waals surface area (Å²) in [6.07, 6.45) is 0.941. The molecule has 9 heteroatoms. The van der Waals surface area contributed by atoms with Crippen LogP contribution in [-0.4, -0.2) is 51.4 Å². The Hall–Kier alpha value is -2.71. The van der Waals surface area contributed by atoms with Crippen LogP contribution in [-0.2, 0) is 4.79 Å². The number of carbonyl (C=O) groups is 2. The van der Waals surface area contributed by atoms with Crippen molar-refractivity contribution in [1.82, 2.24) is 9.88 Å². The molecule has 0 aromatic carbocycles. The summed E-state index contributed by atoms with van der Waals surface area (Å²) in [4.78, 5) is 38.1. The maximum atomic E-state index is 11.8. The Labute approximate surface area is 120 Å². The van der Waals surface area contributed by atoms with Crippen LogP contribution in [0.3, 0.4) is 0 Å². The van der Waals surface area contributed by atoms with Crippen LogP contribution in [0.5, 0.6) is 0 Å². The van der Waals surface area contributed by atoms with Crippen molar-refractivity contribution in [3.8, 4) is 0 Å². The third-order valence-electron chi connectivity index (χ3n) is 2.84. The van der Waals surface area contributed by atoms with Crippen LogP contribution in [0.15, 0.2) is 12.3 Å². The number of anilines is 1. The van der Waals surface area contributed by atoms with Crippen LogP contribution in [0.25, 0.3) is 0 Å². The fraction of sp³-hybridized carbons (Fsp3) is 0.417. The monoisotopic (exact) mass is 296 g/mol. The van der Waals surface area contributed by atoms with Gasteiger partial charge in [-0.15, -0.1) is 0 Å². The highest BCUT2D eigenvalue weighted by Crippen LogP contribution is 2.19. The summed E-state index contributed by atoms with van der Waals surface area (Å²) < 4.78 is 0. The summed E-state index contributed by atoms with van der Waals surface area (Å²) >= 11 is 0. The molecule has 21 heavy (non-hydrogen) atoms. The van der Waals surface area contributed by atoms with Crippen molar-refractivity contribution in [2.24, 2.45) is 0 Å². The number of nitrogens with one attached hydrogen (secondary N) is 1. The molecule has 0 bridgehead atoms. The van der Waals surface area contributed by atoms with Crippen LogP contribution in [0.4, 0.5) is 11.5 Å². The lowest BCUT2D eigenvalue weighted by atomic mass is 10.2. The van der Waals surface area contributed by atoms with Gasteiger partial charge in [0.25, 0.3) is 5.69 Å². The largest absolute Gasteiger partial charge is 0.478 e. The van der Waals surface area contributed by atoms with E-state index in [1.54, 1.807) is 4.90 Å². The number of pyridine rings is 1. The Morgan fingerprint density at radius 3 is 2.52 bits per heavy atom. The third-order valence-corrected chi connectivity index (χ3v) is 2.84. The zero-order valence-electron chi connectivity index (χ0n) is 11.7. The predicted molar refractivity (Wildman–Crippen MR) is 74.3 cm³/mol. The summed E-state index contributed by atoms with van der Waals surface area (Å²) in [5.41, 5.74) is -0.774. The van der Waals surface area contributed by atoms with Gasteiger partial charge >= 0.3 is 5.97 Å². The van der Waals surface area contributed by atoms with Crippen molar-refractivity contribution in [3.05, 3.63) is 27.9 Å². The summed E-state index contributed by atoms with van der Waals surface area (Å²) in [6, 6.07) is 0.902. The number of rotatable bonds is 7. The van der Waals surface area contributed by atoms with E-state index in [4.69, 9.17) is 5.11 Å². The van der Waals surface area contributed by atoms with Crippen molar-refractivity contribution in [1.29, 1.82) is 0 Å². The van der Waals surface area contributed by atoms with Crippen molar-refractivity contribution >= 4 is 23.4 Å². The van der Waals surface area contributed by atoms with E-state index in [1.165, 1.54) is 0 Å². The molecule has 1 aromatic rings. The quantitative estimate of drug-likeness (QED) is 0.567. The number of likely N-dealkylation sites (N-methyl/N-ethyl adjacent to an activating group) is 1. The van der Waals surface area contributed by atoms with Gasteiger partial charge in [-0.3, -0.25) is 14.9 Å². The number of amides is 1. The molecule has 0 saturated heterocycles. The van der Waals surface area contributed by atoms with Crippen LogP contribution in [0.2, 0.25) is 0 Å². The number of aromatic nitrogens is 1. The Balaban J connectivity index is 2.91. The molecule has 0 radical (unpaired) electrons. The Bertz CT molecular complexity index is 557. The molecule has 0 saturated carbocycles. The van der Waals surface area contributed by atoms with E-state index in [9.17, 15) is 19.7 Å². The third kappa shape index (κ3) is 4.13. The summed E-state index contributed by atoms with van der Waals surface area (Å²) in [6.45, 7) is 4.60. The van der Waals surface area contributed by atoms with Crippen molar-refractivity contribution in [2.75, 3.05) is 25.0 Å². The average Bonchev–Trinajstić information content (AvgIpc) is 2.45. The summed E-state index contributed by atoms with van der Waals surface area (Å²) in [5.74, 6) is -1.64. The Morgan fingerprint density at radius 2 is 2.05 bits per heavy atom. The molecule has 2 N–H and O–H groups in total. The van der Waals surface area contributed by atoms with Gasteiger partial charge in [0, 0.05) is 19.2 Å². The van der Waals surface area contributed by atoms with Gasteiger partial charge in [0.1, 0.15) is 17.6 Å². The fourth-order valence-corrected chi connectivity index (χ4v) is 1.70. The second-order valence-corrected chi connectivity index (χ2v) is 4.07. The van der Waals surface area contributed by atoms with Crippen LogP contribution >= 0.6 is 0 Å². The van der Waals surface area contributed by atoms with E-state index in [2.05, 4.69) is 10.3 Å². The molecule has 1 amide bonds. The molecule has 1 heterocycles. The zero-order chi connectivity index (χ0) is 16.0. The van der Waals surface area contributed by atoms with Crippen LogP contribution < -0.4 is 5.32 Å². The number of carboxylic acid groups (broad SMARTS) is 1. The van der Waals surface area contributed by atoms with Gasteiger partial charge < -0.3 is 15.3 Å². The van der Waals surface area contributed by atoms with Crippen molar-refractivity contribution in [2.45, 2.75) is 13.8 Å². The SMILES string of the molecule is CCN(CC)C(=O)CNc1ncc([N+](=O)[O-])cc1C(=O)O. The van der Waals surface area contributed by atoms with Gasteiger partial charge in [0.15, 0.2) is 0 Å². The number of aromatic carboxylic acids is 1. The van der Waals surface area contributed by atoms with Crippen LogP contribution in [0.1, 0.15) is 24.2 Å². The average molecular weight is 296 g/mol. The second-order valence-electron chi connectivity index (χ2n) is 4.07. The lowest BCUT2D eigenvalue weighted by molar-refractivity contribution is -0.385. The molecule has 114 valence electrons. The molecule has 1 aromatic heterocycles. The number of hydrogen-bond donors (Lipinski definition) is 2. The van der Waals surface area contributed by atoms with Crippen molar-refractivity contribution in [3.63, 3.8) is 0 Å². The molecule has 1 rings (SSSR count). The number of nitrogens with zero attached hydrogens (tertiary/aromatic N) is 3. The first kappa shape index (κ1) is 16.3. The minimum atomic E-state index is -1.36. The molecular formula is C12H16N4O5. The van der Waals surface area contributed by atoms with Gasteiger partial charge in [-0.05, 0) is 13.8 Å². The van der Waals surface area contributed by atoms with E-state index in [0.717, 1.165) is 12.3 Å².